The van der Waals surface area contributed by atoms with E-state index in [1.165, 1.54) is 12.1 Å². The van der Waals surface area contributed by atoms with E-state index in [1.54, 1.807) is 6.07 Å². The molecule has 0 atom stereocenters. The van der Waals surface area contributed by atoms with Crippen LogP contribution in [0.2, 0.25) is 0 Å². The van der Waals surface area contributed by atoms with Crippen LogP contribution in [0.15, 0.2) is 23.4 Å². The Kier molecular flexibility index (Phi) is 3.99. The van der Waals surface area contributed by atoms with Crippen LogP contribution in [0.1, 0.15) is 12.0 Å². The van der Waals surface area contributed by atoms with Gasteiger partial charge in [-0.1, -0.05) is 5.16 Å². The fraction of sp³-hybridized carbons (Fsp3) is 0.417. The van der Waals surface area contributed by atoms with Gasteiger partial charge in [-0.25, -0.2) is 4.39 Å². The van der Waals surface area contributed by atoms with Crippen molar-refractivity contribution in [1.29, 1.82) is 0 Å². The molecule has 0 bridgehead atoms. The van der Waals surface area contributed by atoms with Gasteiger partial charge < -0.3 is 20.6 Å². The lowest BCUT2D eigenvalue weighted by Gasteiger charge is -2.24. The highest BCUT2D eigenvalue weighted by molar-refractivity contribution is 6.02. The number of anilines is 1. The van der Waals surface area contributed by atoms with Crippen molar-refractivity contribution < 1.29 is 14.3 Å². The number of ether oxygens (including phenoxy) is 1. The standard InChI is InChI=1S/C12H16FN3O2/c13-9-2-3-11(10(8-9)12(14)15-17)16-4-1-6-18-7-5-16/h2-3,8,17H,1,4-7H2,(H2,14,15). The maximum Gasteiger partial charge on any atom is 0.172 e. The van der Waals surface area contributed by atoms with Crippen LogP contribution in [0, 0.1) is 5.82 Å². The van der Waals surface area contributed by atoms with Crippen LogP contribution >= 0.6 is 0 Å². The average molecular weight is 253 g/mol. The van der Waals surface area contributed by atoms with E-state index in [9.17, 15) is 4.39 Å². The number of benzene rings is 1. The van der Waals surface area contributed by atoms with Crippen molar-refractivity contribution in [2.75, 3.05) is 31.2 Å². The summed E-state index contributed by atoms with van der Waals surface area (Å²) >= 11 is 0. The van der Waals surface area contributed by atoms with Gasteiger partial charge in [0.05, 0.1) is 6.61 Å². The number of halogens is 1. The normalized spacial score (nSPS) is 17.6. The van der Waals surface area contributed by atoms with Crippen molar-refractivity contribution in [1.82, 2.24) is 0 Å². The second-order valence-corrected chi connectivity index (χ2v) is 4.10. The summed E-state index contributed by atoms with van der Waals surface area (Å²) in [6, 6.07) is 4.29. The Bertz CT molecular complexity index is 443. The lowest BCUT2D eigenvalue weighted by Crippen LogP contribution is -2.29. The number of hydrogen-bond donors (Lipinski definition) is 2. The zero-order chi connectivity index (χ0) is 13.0. The van der Waals surface area contributed by atoms with Crippen molar-refractivity contribution in [3.8, 4) is 0 Å². The van der Waals surface area contributed by atoms with Crippen molar-refractivity contribution in [2.45, 2.75) is 6.42 Å². The van der Waals surface area contributed by atoms with Crippen LogP contribution in [0.5, 0.6) is 0 Å². The Morgan fingerprint density at radius 1 is 1.39 bits per heavy atom. The minimum atomic E-state index is -0.411. The third-order valence-electron chi connectivity index (χ3n) is 2.91. The lowest BCUT2D eigenvalue weighted by atomic mass is 10.1. The Labute approximate surface area is 105 Å². The van der Waals surface area contributed by atoms with Crippen molar-refractivity contribution >= 4 is 11.5 Å². The average Bonchev–Trinajstić information content (AvgIpc) is 2.66. The number of hydrogen-bond acceptors (Lipinski definition) is 4. The minimum absolute atomic E-state index is 0.0883. The molecule has 1 aromatic carbocycles. The topological polar surface area (TPSA) is 71.1 Å². The molecule has 1 aromatic rings. The van der Waals surface area contributed by atoms with Gasteiger partial charge in [0.15, 0.2) is 5.84 Å². The molecule has 3 N–H and O–H groups in total. The Morgan fingerprint density at radius 3 is 3.00 bits per heavy atom. The molecule has 0 aliphatic carbocycles. The van der Waals surface area contributed by atoms with E-state index in [0.717, 1.165) is 25.3 Å². The van der Waals surface area contributed by atoms with Crippen LogP contribution in [-0.4, -0.2) is 37.3 Å². The summed E-state index contributed by atoms with van der Waals surface area (Å²) in [7, 11) is 0. The predicted octanol–water partition coefficient (Wildman–Crippen LogP) is 1.15. The quantitative estimate of drug-likeness (QED) is 0.359. The summed E-state index contributed by atoms with van der Waals surface area (Å²) in [5.41, 5.74) is 6.75. The highest BCUT2D eigenvalue weighted by atomic mass is 19.1. The summed E-state index contributed by atoms with van der Waals surface area (Å²) in [4.78, 5) is 2.06. The third kappa shape index (κ3) is 2.70. The first-order chi connectivity index (χ1) is 8.72. The second kappa shape index (κ2) is 5.68. The first kappa shape index (κ1) is 12.6. The Morgan fingerprint density at radius 2 is 2.22 bits per heavy atom. The molecule has 1 fully saturated rings. The van der Waals surface area contributed by atoms with Gasteiger partial charge in [-0.05, 0) is 24.6 Å². The number of amidine groups is 1. The van der Waals surface area contributed by atoms with Crippen LogP contribution < -0.4 is 10.6 Å². The van der Waals surface area contributed by atoms with Crippen LogP contribution in [-0.2, 0) is 4.74 Å². The van der Waals surface area contributed by atoms with E-state index in [-0.39, 0.29) is 5.84 Å². The molecular weight excluding hydrogens is 237 g/mol. The molecule has 0 radical (unpaired) electrons. The van der Waals surface area contributed by atoms with Crippen molar-refractivity contribution in [3.63, 3.8) is 0 Å². The molecule has 0 spiro atoms. The molecule has 1 aliphatic rings. The molecular formula is C12H16FN3O2. The van der Waals surface area contributed by atoms with Gasteiger partial charge in [0.1, 0.15) is 5.82 Å². The van der Waals surface area contributed by atoms with E-state index in [4.69, 9.17) is 15.7 Å². The SMILES string of the molecule is NC(=NO)c1cc(F)ccc1N1CCCOCC1. The first-order valence-corrected chi connectivity index (χ1v) is 5.82. The number of oxime groups is 1. The fourth-order valence-corrected chi connectivity index (χ4v) is 2.03. The van der Waals surface area contributed by atoms with E-state index >= 15 is 0 Å². The number of nitrogens with zero attached hydrogens (tertiary/aromatic N) is 2. The highest BCUT2D eigenvalue weighted by Gasteiger charge is 2.16. The van der Waals surface area contributed by atoms with Crippen LogP contribution in [0.25, 0.3) is 0 Å². The van der Waals surface area contributed by atoms with Crippen LogP contribution in [0.4, 0.5) is 10.1 Å². The van der Waals surface area contributed by atoms with Gasteiger partial charge in [-0.3, -0.25) is 0 Å². The zero-order valence-corrected chi connectivity index (χ0v) is 9.97. The predicted molar refractivity (Wildman–Crippen MR) is 66.6 cm³/mol. The Hall–Kier alpha value is -1.82. The van der Waals surface area contributed by atoms with Gasteiger partial charge in [-0.15, -0.1) is 0 Å². The summed E-state index contributed by atoms with van der Waals surface area (Å²) in [6.07, 6.45) is 0.896. The first-order valence-electron chi connectivity index (χ1n) is 5.82. The third-order valence-corrected chi connectivity index (χ3v) is 2.91. The summed E-state index contributed by atoms with van der Waals surface area (Å²) in [6.45, 7) is 2.85. The molecule has 0 unspecified atom stereocenters. The van der Waals surface area contributed by atoms with E-state index in [0.29, 0.717) is 18.7 Å². The van der Waals surface area contributed by atoms with E-state index < -0.39 is 5.82 Å². The minimum Gasteiger partial charge on any atom is -0.409 e. The van der Waals surface area contributed by atoms with Gasteiger partial charge in [0.2, 0.25) is 0 Å². The molecule has 1 heterocycles. The molecule has 1 saturated heterocycles. The molecule has 1 aliphatic heterocycles. The van der Waals surface area contributed by atoms with Crippen molar-refractivity contribution in [2.24, 2.45) is 10.9 Å². The summed E-state index contributed by atoms with van der Waals surface area (Å²) < 4.78 is 18.6. The second-order valence-electron chi connectivity index (χ2n) is 4.10. The largest absolute Gasteiger partial charge is 0.409 e. The number of rotatable bonds is 2. The van der Waals surface area contributed by atoms with Gasteiger partial charge in [0.25, 0.3) is 0 Å². The maximum absolute atomic E-state index is 13.3. The molecule has 98 valence electrons. The van der Waals surface area contributed by atoms with Crippen molar-refractivity contribution in [3.05, 3.63) is 29.6 Å². The zero-order valence-electron chi connectivity index (χ0n) is 9.97. The fourth-order valence-electron chi connectivity index (χ4n) is 2.03. The molecule has 0 saturated carbocycles. The smallest absolute Gasteiger partial charge is 0.172 e. The van der Waals surface area contributed by atoms with Gasteiger partial charge >= 0.3 is 0 Å². The van der Waals surface area contributed by atoms with E-state index in [1.807, 2.05) is 0 Å². The maximum atomic E-state index is 13.3. The molecule has 0 aromatic heterocycles. The lowest BCUT2D eigenvalue weighted by molar-refractivity contribution is 0.152. The monoisotopic (exact) mass is 253 g/mol. The van der Waals surface area contributed by atoms with E-state index in [2.05, 4.69) is 10.1 Å². The van der Waals surface area contributed by atoms with Gasteiger partial charge in [0, 0.05) is 30.9 Å². The number of nitrogens with two attached hydrogens (primary N) is 1. The molecule has 0 amide bonds. The molecule has 2 rings (SSSR count). The Balaban J connectivity index is 2.36. The summed E-state index contributed by atoms with van der Waals surface area (Å²) in [5, 5.41) is 11.7. The van der Waals surface area contributed by atoms with Gasteiger partial charge in [-0.2, -0.15) is 0 Å². The molecule has 18 heavy (non-hydrogen) atoms. The van der Waals surface area contributed by atoms with Crippen LogP contribution in [0.3, 0.4) is 0 Å². The molecule has 5 nitrogen and oxygen atoms in total. The highest BCUT2D eigenvalue weighted by Crippen LogP contribution is 2.22. The molecule has 6 heteroatoms. The summed E-state index contributed by atoms with van der Waals surface area (Å²) in [5.74, 6) is -0.499.